The summed E-state index contributed by atoms with van der Waals surface area (Å²) in [6.45, 7) is 0.00662. The molecule has 0 spiro atoms. The SMILES string of the molecule is C#CCNS(=O)(=O)c1sccc1Br. The van der Waals surface area contributed by atoms with Crippen molar-refractivity contribution in [3.05, 3.63) is 15.9 Å². The van der Waals surface area contributed by atoms with Crippen LogP contribution in [0.25, 0.3) is 0 Å². The molecule has 0 fully saturated rings. The number of nitrogens with one attached hydrogen (secondary N) is 1. The van der Waals surface area contributed by atoms with E-state index >= 15 is 0 Å². The summed E-state index contributed by atoms with van der Waals surface area (Å²) < 4.78 is 26.0. The maximum Gasteiger partial charge on any atom is 0.252 e. The zero-order valence-corrected chi connectivity index (χ0v) is 9.67. The highest BCUT2D eigenvalue weighted by atomic mass is 79.9. The van der Waals surface area contributed by atoms with Crippen LogP contribution < -0.4 is 4.72 Å². The average Bonchev–Trinajstić information content (AvgIpc) is 2.48. The Morgan fingerprint density at radius 2 is 2.38 bits per heavy atom. The van der Waals surface area contributed by atoms with E-state index in [2.05, 4.69) is 26.6 Å². The number of hydrogen-bond donors (Lipinski definition) is 1. The van der Waals surface area contributed by atoms with E-state index < -0.39 is 10.0 Å². The molecule has 0 aliphatic carbocycles. The van der Waals surface area contributed by atoms with E-state index in [-0.39, 0.29) is 10.8 Å². The van der Waals surface area contributed by atoms with Gasteiger partial charge in [0.15, 0.2) is 0 Å². The van der Waals surface area contributed by atoms with Crippen molar-refractivity contribution in [1.82, 2.24) is 4.72 Å². The van der Waals surface area contributed by atoms with Gasteiger partial charge in [-0.05, 0) is 27.4 Å². The Hall–Kier alpha value is -0.350. The lowest BCUT2D eigenvalue weighted by molar-refractivity contribution is 0.588. The van der Waals surface area contributed by atoms with Crippen LogP contribution in [0, 0.1) is 12.3 Å². The van der Waals surface area contributed by atoms with Crippen LogP contribution in [-0.4, -0.2) is 15.0 Å². The summed E-state index contributed by atoms with van der Waals surface area (Å²) in [5.41, 5.74) is 0. The molecule has 1 aromatic rings. The fourth-order valence-corrected chi connectivity index (χ4v) is 3.99. The van der Waals surface area contributed by atoms with E-state index in [1.165, 1.54) is 0 Å². The molecule has 1 heterocycles. The topological polar surface area (TPSA) is 46.2 Å². The molecule has 0 unspecified atom stereocenters. The van der Waals surface area contributed by atoms with E-state index in [1.807, 2.05) is 0 Å². The first-order chi connectivity index (χ1) is 6.08. The molecule has 0 amide bonds. The Morgan fingerprint density at radius 1 is 1.69 bits per heavy atom. The van der Waals surface area contributed by atoms with Crippen LogP contribution >= 0.6 is 27.3 Å². The van der Waals surface area contributed by atoms with Crippen molar-refractivity contribution >= 4 is 37.3 Å². The van der Waals surface area contributed by atoms with Gasteiger partial charge in [0.1, 0.15) is 4.21 Å². The Kier molecular flexibility index (Phi) is 3.50. The first-order valence-electron chi connectivity index (χ1n) is 3.24. The third-order valence-corrected chi connectivity index (χ3v) is 5.26. The van der Waals surface area contributed by atoms with E-state index in [4.69, 9.17) is 6.42 Å². The van der Waals surface area contributed by atoms with Gasteiger partial charge in [-0.15, -0.1) is 17.8 Å². The summed E-state index contributed by atoms with van der Waals surface area (Å²) in [7, 11) is -3.43. The molecule has 0 saturated carbocycles. The van der Waals surface area contributed by atoms with Crippen molar-refractivity contribution in [3.63, 3.8) is 0 Å². The third-order valence-electron chi connectivity index (χ3n) is 1.19. The minimum atomic E-state index is -3.43. The smallest absolute Gasteiger partial charge is 0.206 e. The molecule has 1 N–H and O–H groups in total. The van der Waals surface area contributed by atoms with Crippen LogP contribution in [-0.2, 0) is 10.0 Å². The quantitative estimate of drug-likeness (QED) is 0.851. The van der Waals surface area contributed by atoms with Crippen molar-refractivity contribution in [1.29, 1.82) is 0 Å². The molecule has 0 aromatic carbocycles. The molecule has 1 aromatic heterocycles. The van der Waals surface area contributed by atoms with Crippen molar-refractivity contribution < 1.29 is 8.42 Å². The lowest BCUT2D eigenvalue weighted by Gasteiger charge is -2.00. The first kappa shape index (κ1) is 10.7. The Morgan fingerprint density at radius 3 is 2.85 bits per heavy atom. The third kappa shape index (κ3) is 2.54. The van der Waals surface area contributed by atoms with Gasteiger partial charge in [0.2, 0.25) is 0 Å². The summed E-state index contributed by atoms with van der Waals surface area (Å²) in [6.07, 6.45) is 4.94. The molecule has 0 saturated heterocycles. The molecule has 3 nitrogen and oxygen atoms in total. The Bertz CT molecular complexity index is 430. The standard InChI is InChI=1S/C7H6BrNO2S2/c1-2-4-9-13(10,11)7-6(8)3-5-12-7/h1,3,5,9H,4H2. The lowest BCUT2D eigenvalue weighted by Crippen LogP contribution is -2.23. The van der Waals surface area contributed by atoms with Gasteiger partial charge in [-0.1, -0.05) is 5.92 Å². The van der Waals surface area contributed by atoms with Gasteiger partial charge in [0.25, 0.3) is 10.0 Å². The average molecular weight is 280 g/mol. The normalized spacial score (nSPS) is 11.1. The Labute approximate surface area is 89.3 Å². The second kappa shape index (κ2) is 4.24. The number of halogens is 1. The zero-order chi connectivity index (χ0) is 9.90. The summed E-state index contributed by atoms with van der Waals surface area (Å²) in [5.74, 6) is 2.20. The van der Waals surface area contributed by atoms with Crippen LogP contribution in [0.1, 0.15) is 0 Å². The van der Waals surface area contributed by atoms with E-state index in [1.54, 1.807) is 11.4 Å². The van der Waals surface area contributed by atoms with Gasteiger partial charge in [-0.2, -0.15) is 4.72 Å². The molecule has 13 heavy (non-hydrogen) atoms. The minimum Gasteiger partial charge on any atom is -0.206 e. The second-order valence-electron chi connectivity index (χ2n) is 2.08. The summed E-state index contributed by atoms with van der Waals surface area (Å²) in [5, 5.41) is 1.69. The van der Waals surface area contributed by atoms with Crippen molar-refractivity contribution in [3.8, 4) is 12.3 Å². The van der Waals surface area contributed by atoms with Crippen LogP contribution in [0.5, 0.6) is 0 Å². The minimum absolute atomic E-state index is 0.00662. The Balaban J connectivity index is 2.96. The van der Waals surface area contributed by atoms with Gasteiger partial charge in [-0.3, -0.25) is 0 Å². The largest absolute Gasteiger partial charge is 0.252 e. The van der Waals surface area contributed by atoms with Gasteiger partial charge in [-0.25, -0.2) is 8.42 Å². The summed E-state index contributed by atoms with van der Waals surface area (Å²) in [4.78, 5) is 0. The molecule has 0 radical (unpaired) electrons. The van der Waals surface area contributed by atoms with Crippen molar-refractivity contribution in [2.24, 2.45) is 0 Å². The second-order valence-corrected chi connectivity index (χ2v) is 5.82. The molecule has 70 valence electrons. The molecule has 0 bridgehead atoms. The van der Waals surface area contributed by atoms with E-state index in [0.29, 0.717) is 4.47 Å². The zero-order valence-electron chi connectivity index (χ0n) is 6.45. The highest BCUT2D eigenvalue weighted by molar-refractivity contribution is 9.10. The number of thiophene rings is 1. The predicted octanol–water partition coefficient (Wildman–Crippen LogP) is 1.42. The molecule has 1 rings (SSSR count). The molecular formula is C7H6BrNO2S2. The molecule has 0 aliphatic heterocycles. The highest BCUT2D eigenvalue weighted by Crippen LogP contribution is 2.26. The number of sulfonamides is 1. The van der Waals surface area contributed by atoms with Gasteiger partial charge in [0.05, 0.1) is 6.54 Å². The highest BCUT2D eigenvalue weighted by Gasteiger charge is 2.17. The van der Waals surface area contributed by atoms with Crippen LogP contribution in [0.15, 0.2) is 20.1 Å². The number of hydrogen-bond acceptors (Lipinski definition) is 3. The molecule has 0 atom stereocenters. The fourth-order valence-electron chi connectivity index (χ4n) is 0.674. The van der Waals surface area contributed by atoms with E-state index in [0.717, 1.165) is 11.3 Å². The molecule has 6 heteroatoms. The van der Waals surface area contributed by atoms with Gasteiger partial charge < -0.3 is 0 Å². The van der Waals surface area contributed by atoms with Crippen molar-refractivity contribution in [2.45, 2.75) is 4.21 Å². The summed E-state index contributed by atoms with van der Waals surface area (Å²) in [6, 6.07) is 1.68. The van der Waals surface area contributed by atoms with Crippen LogP contribution in [0.3, 0.4) is 0 Å². The maximum atomic E-state index is 11.4. The van der Waals surface area contributed by atoms with Gasteiger partial charge in [0, 0.05) is 4.47 Å². The number of rotatable bonds is 3. The first-order valence-corrected chi connectivity index (χ1v) is 6.39. The maximum absolute atomic E-state index is 11.4. The lowest BCUT2D eigenvalue weighted by atomic mass is 10.7. The van der Waals surface area contributed by atoms with Crippen LogP contribution in [0.4, 0.5) is 0 Å². The van der Waals surface area contributed by atoms with Gasteiger partial charge >= 0.3 is 0 Å². The molecular weight excluding hydrogens is 274 g/mol. The number of terminal acetylenes is 1. The molecule has 0 aliphatic rings. The predicted molar refractivity (Wildman–Crippen MR) is 56.0 cm³/mol. The van der Waals surface area contributed by atoms with Crippen LogP contribution in [0.2, 0.25) is 0 Å². The fraction of sp³-hybridized carbons (Fsp3) is 0.143. The monoisotopic (exact) mass is 279 g/mol. The van der Waals surface area contributed by atoms with E-state index in [9.17, 15) is 8.42 Å². The van der Waals surface area contributed by atoms with Crippen molar-refractivity contribution in [2.75, 3.05) is 6.54 Å². The summed E-state index contributed by atoms with van der Waals surface area (Å²) >= 11 is 4.27.